The van der Waals surface area contributed by atoms with Crippen molar-refractivity contribution in [2.75, 3.05) is 7.11 Å². The third-order valence-electron chi connectivity index (χ3n) is 4.47. The maximum atomic E-state index is 13.1. The number of carbonyl (C=O) groups excluding carboxylic acids is 1. The topological polar surface area (TPSA) is 47.6 Å². The molecule has 3 rings (SSSR count). The predicted octanol–water partition coefficient (Wildman–Crippen LogP) is 5.23. The fraction of sp³-hybridized carbons (Fsp3) is 0.409. The van der Waals surface area contributed by atoms with Gasteiger partial charge in [0, 0.05) is 22.1 Å². The van der Waals surface area contributed by atoms with Crippen LogP contribution in [0.5, 0.6) is 11.5 Å². The quantitative estimate of drug-likeness (QED) is 0.716. The van der Waals surface area contributed by atoms with E-state index in [2.05, 4.69) is 19.2 Å². The number of methoxy groups -OCH3 is 1. The van der Waals surface area contributed by atoms with Gasteiger partial charge >= 0.3 is 0 Å². The molecule has 0 saturated carbocycles. The maximum Gasteiger partial charge on any atom is 0.252 e. The van der Waals surface area contributed by atoms with Gasteiger partial charge in [-0.1, -0.05) is 26.0 Å². The number of carbonyl (C=O) groups is 1. The van der Waals surface area contributed by atoms with E-state index >= 15 is 0 Å². The van der Waals surface area contributed by atoms with E-state index in [1.807, 2.05) is 56.3 Å². The molecule has 2 aromatic carbocycles. The minimum Gasteiger partial charge on any atom is -0.497 e. The summed E-state index contributed by atoms with van der Waals surface area (Å²) in [5.41, 5.74) is 1.31. The summed E-state index contributed by atoms with van der Waals surface area (Å²) in [5, 5.41) is 3.63. The highest BCUT2D eigenvalue weighted by atomic mass is 32.2. The Morgan fingerprint density at radius 3 is 2.70 bits per heavy atom. The van der Waals surface area contributed by atoms with Crippen LogP contribution in [0.2, 0.25) is 0 Å². The van der Waals surface area contributed by atoms with Crippen molar-refractivity contribution in [2.45, 2.75) is 55.9 Å². The molecule has 1 aliphatic heterocycles. The number of benzene rings is 2. The summed E-state index contributed by atoms with van der Waals surface area (Å²) in [6.07, 6.45) is 0.693. The standard InChI is InChI=1S/C22H27NO3S/c1-14(2)27-20-9-7-6-8-16(20)21(24)23-18-13-22(3,4)26-19-11-10-15(25-5)12-17(18)19/h6-12,14,18H,13H2,1-5H3,(H,23,24)/t18-/m1/s1. The zero-order chi connectivity index (χ0) is 19.6. The Morgan fingerprint density at radius 1 is 1.26 bits per heavy atom. The van der Waals surface area contributed by atoms with Crippen molar-refractivity contribution in [1.29, 1.82) is 0 Å². The third kappa shape index (κ3) is 4.59. The highest BCUT2D eigenvalue weighted by molar-refractivity contribution is 8.00. The van der Waals surface area contributed by atoms with Crippen molar-refractivity contribution in [2.24, 2.45) is 0 Å². The van der Waals surface area contributed by atoms with Gasteiger partial charge < -0.3 is 14.8 Å². The molecule has 0 radical (unpaired) electrons. The zero-order valence-corrected chi connectivity index (χ0v) is 17.4. The Balaban J connectivity index is 1.90. The Labute approximate surface area is 165 Å². The van der Waals surface area contributed by atoms with Crippen LogP contribution in [0.15, 0.2) is 47.4 Å². The van der Waals surface area contributed by atoms with E-state index in [4.69, 9.17) is 9.47 Å². The van der Waals surface area contributed by atoms with Gasteiger partial charge in [0.25, 0.3) is 5.91 Å². The molecule has 0 aliphatic carbocycles. The highest BCUT2D eigenvalue weighted by Gasteiger charge is 2.35. The van der Waals surface area contributed by atoms with Crippen molar-refractivity contribution in [3.63, 3.8) is 0 Å². The van der Waals surface area contributed by atoms with Gasteiger partial charge in [-0.05, 0) is 44.2 Å². The van der Waals surface area contributed by atoms with Gasteiger partial charge in [-0.15, -0.1) is 11.8 Å². The van der Waals surface area contributed by atoms with Crippen LogP contribution in [0.1, 0.15) is 56.1 Å². The summed E-state index contributed by atoms with van der Waals surface area (Å²) in [5.74, 6) is 1.49. The van der Waals surface area contributed by atoms with Crippen LogP contribution in [-0.4, -0.2) is 23.9 Å². The first-order valence-corrected chi connectivity index (χ1v) is 10.1. The molecule has 1 N–H and O–H groups in total. The summed E-state index contributed by atoms with van der Waals surface area (Å²) in [6.45, 7) is 8.34. The number of thioether (sulfide) groups is 1. The molecule has 0 saturated heterocycles. The van der Waals surface area contributed by atoms with E-state index in [0.717, 1.165) is 22.0 Å². The number of ether oxygens (including phenoxy) is 2. The van der Waals surface area contributed by atoms with Gasteiger partial charge in [-0.3, -0.25) is 4.79 Å². The molecule has 5 heteroatoms. The number of amides is 1. The number of hydrogen-bond donors (Lipinski definition) is 1. The van der Waals surface area contributed by atoms with Crippen LogP contribution in [0.3, 0.4) is 0 Å². The lowest BCUT2D eigenvalue weighted by atomic mass is 9.89. The molecule has 4 nitrogen and oxygen atoms in total. The SMILES string of the molecule is COc1ccc2c(c1)[C@H](NC(=O)c1ccccc1SC(C)C)CC(C)(C)O2. The molecule has 27 heavy (non-hydrogen) atoms. The molecule has 1 heterocycles. The van der Waals surface area contributed by atoms with E-state index in [0.29, 0.717) is 17.2 Å². The van der Waals surface area contributed by atoms with Crippen molar-refractivity contribution in [3.8, 4) is 11.5 Å². The Kier molecular flexibility index (Phi) is 5.70. The van der Waals surface area contributed by atoms with E-state index in [9.17, 15) is 4.79 Å². The smallest absolute Gasteiger partial charge is 0.252 e. The van der Waals surface area contributed by atoms with Crippen LogP contribution in [0.4, 0.5) is 0 Å². The van der Waals surface area contributed by atoms with E-state index in [-0.39, 0.29) is 17.6 Å². The fourth-order valence-electron chi connectivity index (χ4n) is 3.34. The van der Waals surface area contributed by atoms with Crippen molar-refractivity contribution < 1.29 is 14.3 Å². The maximum absolute atomic E-state index is 13.1. The largest absolute Gasteiger partial charge is 0.497 e. The lowest BCUT2D eigenvalue weighted by molar-refractivity contribution is 0.0617. The average Bonchev–Trinajstić information content (AvgIpc) is 2.60. The fourth-order valence-corrected chi connectivity index (χ4v) is 4.29. The predicted molar refractivity (Wildman–Crippen MR) is 110 cm³/mol. The second kappa shape index (κ2) is 7.85. The Bertz CT molecular complexity index is 832. The molecule has 1 atom stereocenters. The second-order valence-electron chi connectivity index (χ2n) is 7.66. The molecule has 144 valence electrons. The van der Waals surface area contributed by atoms with Crippen LogP contribution in [0.25, 0.3) is 0 Å². The lowest BCUT2D eigenvalue weighted by Gasteiger charge is -2.38. The van der Waals surface area contributed by atoms with Crippen molar-refractivity contribution in [1.82, 2.24) is 5.32 Å². The van der Waals surface area contributed by atoms with Crippen LogP contribution in [0, 0.1) is 0 Å². The minimum absolute atomic E-state index is 0.0600. The van der Waals surface area contributed by atoms with Crippen LogP contribution >= 0.6 is 11.8 Å². The number of fused-ring (bicyclic) bond motifs is 1. The van der Waals surface area contributed by atoms with Crippen molar-refractivity contribution in [3.05, 3.63) is 53.6 Å². The summed E-state index contributed by atoms with van der Waals surface area (Å²) in [7, 11) is 1.64. The van der Waals surface area contributed by atoms with E-state index in [1.54, 1.807) is 18.9 Å². The van der Waals surface area contributed by atoms with Gasteiger partial charge in [0.2, 0.25) is 0 Å². The second-order valence-corrected chi connectivity index (χ2v) is 9.28. The molecule has 1 aliphatic rings. The summed E-state index contributed by atoms with van der Waals surface area (Å²) >= 11 is 1.70. The first-order valence-electron chi connectivity index (χ1n) is 9.22. The van der Waals surface area contributed by atoms with Gasteiger partial charge in [0.05, 0.1) is 18.7 Å². The Hall–Kier alpha value is -2.14. The molecule has 0 aromatic heterocycles. The number of hydrogen-bond acceptors (Lipinski definition) is 4. The molecule has 0 unspecified atom stereocenters. The monoisotopic (exact) mass is 385 g/mol. The first-order chi connectivity index (χ1) is 12.8. The number of rotatable bonds is 5. The molecule has 0 spiro atoms. The zero-order valence-electron chi connectivity index (χ0n) is 16.5. The molecule has 2 aromatic rings. The van der Waals surface area contributed by atoms with Gasteiger partial charge in [-0.25, -0.2) is 0 Å². The normalized spacial score (nSPS) is 17.8. The average molecular weight is 386 g/mol. The van der Waals surface area contributed by atoms with Gasteiger partial charge in [0.15, 0.2) is 0 Å². The summed E-state index contributed by atoms with van der Waals surface area (Å²) < 4.78 is 11.5. The molecule has 0 fully saturated rings. The van der Waals surface area contributed by atoms with Crippen molar-refractivity contribution >= 4 is 17.7 Å². The number of nitrogens with one attached hydrogen (secondary N) is 1. The highest BCUT2D eigenvalue weighted by Crippen LogP contribution is 2.41. The summed E-state index contributed by atoms with van der Waals surface area (Å²) in [4.78, 5) is 14.1. The van der Waals surface area contributed by atoms with Crippen LogP contribution in [-0.2, 0) is 0 Å². The first kappa shape index (κ1) is 19.6. The van der Waals surface area contributed by atoms with E-state index in [1.165, 1.54) is 0 Å². The van der Waals surface area contributed by atoms with Crippen LogP contribution < -0.4 is 14.8 Å². The molecule has 0 bridgehead atoms. The molecule has 1 amide bonds. The minimum atomic E-state index is -0.355. The van der Waals surface area contributed by atoms with E-state index < -0.39 is 0 Å². The van der Waals surface area contributed by atoms with Gasteiger partial charge in [-0.2, -0.15) is 0 Å². The third-order valence-corrected chi connectivity index (χ3v) is 5.56. The lowest BCUT2D eigenvalue weighted by Crippen LogP contribution is -2.41. The van der Waals surface area contributed by atoms with Gasteiger partial charge in [0.1, 0.15) is 17.1 Å². The Morgan fingerprint density at radius 2 is 2.00 bits per heavy atom. The summed E-state index contributed by atoms with van der Waals surface area (Å²) in [6, 6.07) is 13.4. The molecular weight excluding hydrogens is 358 g/mol. The molecular formula is C22H27NO3S.